The maximum Gasteiger partial charge on any atom is 0.311 e. The zero-order valence-electron chi connectivity index (χ0n) is 15.5. The van der Waals surface area contributed by atoms with Gasteiger partial charge in [0, 0.05) is 43.4 Å². The van der Waals surface area contributed by atoms with Crippen LogP contribution < -0.4 is 0 Å². The number of fused-ring (bicyclic) bond motifs is 2. The van der Waals surface area contributed by atoms with E-state index in [9.17, 15) is 14.7 Å². The van der Waals surface area contributed by atoms with Gasteiger partial charge in [0.05, 0.1) is 5.92 Å². The normalized spacial score (nSPS) is 25.4. The van der Waals surface area contributed by atoms with Crippen molar-refractivity contribution in [3.8, 4) is 0 Å². The lowest BCUT2D eigenvalue weighted by atomic mass is 9.87. The van der Waals surface area contributed by atoms with Crippen LogP contribution >= 0.6 is 0 Å². The zero-order chi connectivity index (χ0) is 19.0. The average Bonchev–Trinajstić information content (AvgIpc) is 3.20. The van der Waals surface area contributed by atoms with Crippen molar-refractivity contribution >= 4 is 11.9 Å². The highest BCUT2D eigenvalue weighted by molar-refractivity contribution is 5.86. The number of nitrogens with zero attached hydrogens (tertiary/aromatic N) is 3. The molecule has 2 saturated heterocycles. The Hall–Kier alpha value is -2.63. The molecule has 2 aliphatic rings. The van der Waals surface area contributed by atoms with Crippen molar-refractivity contribution < 1.29 is 14.7 Å². The fraction of sp³-hybridized carbons (Fsp3) is 0.476. The predicted octanol–water partition coefficient (Wildman–Crippen LogP) is 2.92. The lowest BCUT2D eigenvalue weighted by Gasteiger charge is -2.39. The Balaban J connectivity index is 1.48. The highest BCUT2D eigenvalue weighted by Crippen LogP contribution is 2.43. The van der Waals surface area contributed by atoms with Crippen molar-refractivity contribution in [1.29, 1.82) is 0 Å². The second kappa shape index (κ2) is 7.18. The summed E-state index contributed by atoms with van der Waals surface area (Å²) in [7, 11) is 1.96. The standard InChI is InChI=1S/C21H25N3O3/c1-23-19(9-10-22-23)15-11-16-7-8-17(12-15)24(16)20(25)13-18(21(26)27)14-5-3-2-4-6-14/h2-6,9-10,15-18H,7-8,11-13H2,1H3,(H,26,27). The van der Waals surface area contributed by atoms with Gasteiger partial charge in [0.25, 0.3) is 0 Å². The zero-order valence-corrected chi connectivity index (χ0v) is 15.5. The lowest BCUT2D eigenvalue weighted by Crippen LogP contribution is -2.46. The third-order valence-corrected chi connectivity index (χ3v) is 6.18. The first-order valence-electron chi connectivity index (χ1n) is 9.61. The van der Waals surface area contributed by atoms with Crippen molar-refractivity contribution in [3.63, 3.8) is 0 Å². The summed E-state index contributed by atoms with van der Waals surface area (Å²) < 4.78 is 1.93. The van der Waals surface area contributed by atoms with Crippen LogP contribution in [0, 0.1) is 0 Å². The number of carbonyl (C=O) groups is 2. The first-order chi connectivity index (χ1) is 13.0. The summed E-state index contributed by atoms with van der Waals surface area (Å²) in [6.45, 7) is 0. The van der Waals surface area contributed by atoms with Gasteiger partial charge in [-0.3, -0.25) is 14.3 Å². The number of carboxylic acid groups (broad SMARTS) is 1. The molecule has 0 aliphatic carbocycles. The SMILES string of the molecule is Cn1nccc1C1CC2CCC(C1)N2C(=O)CC(C(=O)O)c1ccccc1. The molecular formula is C21H25N3O3. The number of hydrogen-bond acceptors (Lipinski definition) is 3. The topological polar surface area (TPSA) is 75.4 Å². The summed E-state index contributed by atoms with van der Waals surface area (Å²) >= 11 is 0. The molecule has 0 spiro atoms. The van der Waals surface area contributed by atoms with E-state index < -0.39 is 11.9 Å². The molecule has 3 heterocycles. The fourth-order valence-electron chi connectivity index (χ4n) is 4.92. The van der Waals surface area contributed by atoms with Crippen molar-refractivity contribution in [2.24, 2.45) is 7.05 Å². The second-order valence-electron chi connectivity index (χ2n) is 7.74. The quantitative estimate of drug-likeness (QED) is 0.882. The second-order valence-corrected chi connectivity index (χ2v) is 7.74. The van der Waals surface area contributed by atoms with E-state index in [4.69, 9.17) is 0 Å². The third kappa shape index (κ3) is 3.36. The van der Waals surface area contributed by atoms with E-state index in [1.807, 2.05) is 41.0 Å². The number of hydrogen-bond donors (Lipinski definition) is 1. The minimum atomic E-state index is -0.938. The molecule has 2 aromatic rings. The van der Waals surface area contributed by atoms with E-state index in [0.717, 1.165) is 25.7 Å². The molecule has 1 aromatic heterocycles. The Morgan fingerprint density at radius 2 is 1.81 bits per heavy atom. The number of amides is 1. The van der Waals surface area contributed by atoms with Gasteiger partial charge in [-0.2, -0.15) is 5.10 Å². The fourth-order valence-corrected chi connectivity index (χ4v) is 4.92. The Morgan fingerprint density at radius 3 is 2.37 bits per heavy atom. The highest BCUT2D eigenvalue weighted by Gasteiger charge is 2.44. The van der Waals surface area contributed by atoms with Crippen LogP contribution in [0.3, 0.4) is 0 Å². The molecule has 2 aliphatic heterocycles. The van der Waals surface area contributed by atoms with Crippen molar-refractivity contribution in [1.82, 2.24) is 14.7 Å². The average molecular weight is 367 g/mol. The number of carbonyl (C=O) groups excluding carboxylic acids is 1. The molecule has 4 rings (SSSR count). The van der Waals surface area contributed by atoms with Gasteiger partial charge < -0.3 is 10.0 Å². The molecule has 27 heavy (non-hydrogen) atoms. The molecule has 6 nitrogen and oxygen atoms in total. The van der Waals surface area contributed by atoms with Gasteiger partial charge in [0.15, 0.2) is 0 Å². The number of aryl methyl sites for hydroxylation is 1. The van der Waals surface area contributed by atoms with Crippen LogP contribution in [-0.4, -0.2) is 43.7 Å². The molecule has 0 saturated carbocycles. The Morgan fingerprint density at radius 1 is 1.15 bits per heavy atom. The molecule has 6 heteroatoms. The van der Waals surface area contributed by atoms with Gasteiger partial charge in [-0.1, -0.05) is 30.3 Å². The van der Waals surface area contributed by atoms with Crippen LogP contribution in [0.2, 0.25) is 0 Å². The molecule has 2 fully saturated rings. The monoisotopic (exact) mass is 367 g/mol. The van der Waals surface area contributed by atoms with Gasteiger partial charge >= 0.3 is 5.97 Å². The minimum absolute atomic E-state index is 0.0257. The van der Waals surface area contributed by atoms with Gasteiger partial charge in [-0.05, 0) is 37.3 Å². The van der Waals surface area contributed by atoms with Crippen LogP contribution in [-0.2, 0) is 16.6 Å². The number of benzene rings is 1. The van der Waals surface area contributed by atoms with Gasteiger partial charge in [0.1, 0.15) is 0 Å². The van der Waals surface area contributed by atoms with E-state index >= 15 is 0 Å². The molecule has 3 unspecified atom stereocenters. The van der Waals surface area contributed by atoms with Gasteiger partial charge in [0.2, 0.25) is 5.91 Å². The van der Waals surface area contributed by atoms with Crippen LogP contribution in [0.4, 0.5) is 0 Å². The molecule has 1 aromatic carbocycles. The number of aromatic nitrogens is 2. The summed E-state index contributed by atoms with van der Waals surface area (Å²) in [6.07, 6.45) is 5.74. The summed E-state index contributed by atoms with van der Waals surface area (Å²) in [5.41, 5.74) is 1.92. The van der Waals surface area contributed by atoms with E-state index in [-0.39, 0.29) is 24.4 Å². The third-order valence-electron chi connectivity index (χ3n) is 6.18. The van der Waals surface area contributed by atoms with Gasteiger partial charge in [-0.15, -0.1) is 0 Å². The van der Waals surface area contributed by atoms with E-state index in [2.05, 4.69) is 11.2 Å². The summed E-state index contributed by atoms with van der Waals surface area (Å²) in [5.74, 6) is -1.33. The smallest absolute Gasteiger partial charge is 0.311 e. The molecule has 3 atom stereocenters. The largest absolute Gasteiger partial charge is 0.481 e. The van der Waals surface area contributed by atoms with Crippen molar-refractivity contribution in [3.05, 3.63) is 53.9 Å². The molecule has 1 N–H and O–H groups in total. The van der Waals surface area contributed by atoms with Crippen LogP contribution in [0.5, 0.6) is 0 Å². The Bertz CT molecular complexity index is 818. The van der Waals surface area contributed by atoms with Crippen LogP contribution in [0.25, 0.3) is 0 Å². The lowest BCUT2D eigenvalue weighted by molar-refractivity contribution is -0.144. The highest BCUT2D eigenvalue weighted by atomic mass is 16.4. The Labute approximate surface area is 158 Å². The number of piperidine rings is 1. The molecule has 0 radical (unpaired) electrons. The van der Waals surface area contributed by atoms with Crippen molar-refractivity contribution in [2.75, 3.05) is 0 Å². The first-order valence-corrected chi connectivity index (χ1v) is 9.61. The first kappa shape index (κ1) is 17.8. The summed E-state index contributed by atoms with van der Waals surface area (Å²) in [5, 5.41) is 13.9. The van der Waals surface area contributed by atoms with Crippen LogP contribution in [0.15, 0.2) is 42.6 Å². The molecule has 142 valence electrons. The number of carboxylic acids is 1. The number of aliphatic carboxylic acids is 1. The summed E-state index contributed by atoms with van der Waals surface area (Å²) in [6, 6.07) is 11.6. The van der Waals surface area contributed by atoms with Gasteiger partial charge in [-0.25, -0.2) is 0 Å². The number of rotatable bonds is 5. The van der Waals surface area contributed by atoms with E-state index in [0.29, 0.717) is 11.5 Å². The predicted molar refractivity (Wildman–Crippen MR) is 100 cm³/mol. The maximum atomic E-state index is 13.1. The minimum Gasteiger partial charge on any atom is -0.481 e. The van der Waals surface area contributed by atoms with E-state index in [1.54, 1.807) is 12.1 Å². The Kier molecular flexibility index (Phi) is 4.72. The van der Waals surface area contributed by atoms with Crippen LogP contribution in [0.1, 0.15) is 55.2 Å². The van der Waals surface area contributed by atoms with Crippen molar-refractivity contribution in [2.45, 2.75) is 56.0 Å². The van der Waals surface area contributed by atoms with E-state index in [1.165, 1.54) is 5.69 Å². The molecular weight excluding hydrogens is 342 g/mol. The molecule has 1 amide bonds. The maximum absolute atomic E-state index is 13.1. The molecule has 2 bridgehead atoms. The summed E-state index contributed by atoms with van der Waals surface area (Å²) in [4.78, 5) is 26.8.